The van der Waals surface area contributed by atoms with Crippen molar-refractivity contribution in [3.05, 3.63) is 40.9 Å². The van der Waals surface area contributed by atoms with Gasteiger partial charge in [0, 0.05) is 6.54 Å². The maximum absolute atomic E-state index is 12.0. The van der Waals surface area contributed by atoms with Gasteiger partial charge in [0.1, 0.15) is 6.33 Å². The normalized spacial score (nSPS) is 10.4. The molecule has 100 valence electrons. The van der Waals surface area contributed by atoms with Gasteiger partial charge in [-0.3, -0.25) is 4.79 Å². The molecule has 1 amide bonds. The van der Waals surface area contributed by atoms with Gasteiger partial charge in [0.05, 0.1) is 22.8 Å². The highest BCUT2D eigenvalue weighted by Crippen LogP contribution is 2.22. The molecule has 0 aliphatic rings. The van der Waals surface area contributed by atoms with Crippen LogP contribution in [0.4, 0.5) is 5.69 Å². The molecule has 0 bridgehead atoms. The molecule has 0 spiro atoms. The predicted octanol–water partition coefficient (Wildman–Crippen LogP) is 1.46. The molecule has 0 radical (unpaired) electrons. The SMILES string of the molecule is CCn1cnnc1CNC(=O)c1cccc(N)c1Cl. The number of hydrogen-bond acceptors (Lipinski definition) is 4. The summed E-state index contributed by atoms with van der Waals surface area (Å²) in [6.45, 7) is 3.01. The predicted molar refractivity (Wildman–Crippen MR) is 72.7 cm³/mol. The lowest BCUT2D eigenvalue weighted by Gasteiger charge is -2.08. The van der Waals surface area contributed by atoms with Crippen LogP contribution in [0.2, 0.25) is 5.02 Å². The minimum absolute atomic E-state index is 0.261. The van der Waals surface area contributed by atoms with Gasteiger partial charge < -0.3 is 15.6 Å². The number of nitrogen functional groups attached to an aromatic ring is 1. The van der Waals surface area contributed by atoms with Crippen molar-refractivity contribution in [2.45, 2.75) is 20.0 Å². The number of amides is 1. The minimum atomic E-state index is -0.289. The van der Waals surface area contributed by atoms with Crippen molar-refractivity contribution in [2.75, 3.05) is 5.73 Å². The van der Waals surface area contributed by atoms with Gasteiger partial charge in [0.25, 0.3) is 5.91 Å². The molecule has 2 aromatic rings. The maximum Gasteiger partial charge on any atom is 0.253 e. The van der Waals surface area contributed by atoms with Gasteiger partial charge in [0.15, 0.2) is 5.82 Å². The van der Waals surface area contributed by atoms with Crippen LogP contribution in [0.3, 0.4) is 0 Å². The summed E-state index contributed by atoms with van der Waals surface area (Å²) < 4.78 is 1.85. The van der Waals surface area contributed by atoms with E-state index < -0.39 is 0 Å². The van der Waals surface area contributed by atoms with Crippen molar-refractivity contribution in [3.63, 3.8) is 0 Å². The summed E-state index contributed by atoms with van der Waals surface area (Å²) in [6.07, 6.45) is 1.62. The van der Waals surface area contributed by atoms with E-state index in [9.17, 15) is 4.79 Å². The van der Waals surface area contributed by atoms with Gasteiger partial charge in [-0.25, -0.2) is 0 Å². The summed E-state index contributed by atoms with van der Waals surface area (Å²) in [7, 11) is 0. The van der Waals surface area contributed by atoms with Crippen molar-refractivity contribution in [1.82, 2.24) is 20.1 Å². The highest BCUT2D eigenvalue weighted by Gasteiger charge is 2.12. The summed E-state index contributed by atoms with van der Waals surface area (Å²) in [5.74, 6) is 0.402. The molecule has 2 rings (SSSR count). The number of nitrogens with one attached hydrogen (secondary N) is 1. The molecular formula is C12H14ClN5O. The standard InChI is InChI=1S/C12H14ClN5O/c1-2-18-7-16-17-10(18)6-15-12(19)8-4-3-5-9(14)11(8)13/h3-5,7H,2,6,14H2,1H3,(H,15,19). The number of hydrogen-bond donors (Lipinski definition) is 2. The van der Waals surface area contributed by atoms with E-state index in [1.54, 1.807) is 24.5 Å². The number of carbonyl (C=O) groups is 1. The van der Waals surface area contributed by atoms with Gasteiger partial charge in [-0.15, -0.1) is 10.2 Å². The molecule has 1 aromatic heterocycles. The number of nitrogens with zero attached hydrogens (tertiary/aromatic N) is 3. The van der Waals surface area contributed by atoms with Gasteiger partial charge in [-0.2, -0.15) is 0 Å². The zero-order valence-electron chi connectivity index (χ0n) is 10.4. The molecule has 6 nitrogen and oxygen atoms in total. The molecule has 0 fully saturated rings. The molecular weight excluding hydrogens is 266 g/mol. The Kier molecular flexibility index (Phi) is 4.01. The van der Waals surface area contributed by atoms with Gasteiger partial charge in [-0.05, 0) is 19.1 Å². The minimum Gasteiger partial charge on any atom is -0.398 e. The summed E-state index contributed by atoms with van der Waals surface area (Å²) in [5, 5.41) is 10.7. The molecule has 0 aliphatic carbocycles. The lowest BCUT2D eigenvalue weighted by atomic mass is 10.2. The van der Waals surface area contributed by atoms with Gasteiger partial charge in [0.2, 0.25) is 0 Å². The summed E-state index contributed by atoms with van der Waals surface area (Å²) >= 11 is 5.99. The van der Waals surface area contributed by atoms with E-state index in [0.29, 0.717) is 17.1 Å². The quantitative estimate of drug-likeness (QED) is 0.830. The number of aromatic nitrogens is 3. The Labute approximate surface area is 115 Å². The third-order valence-electron chi connectivity index (χ3n) is 2.72. The molecule has 0 atom stereocenters. The van der Waals surface area contributed by atoms with Crippen LogP contribution >= 0.6 is 11.6 Å². The zero-order valence-corrected chi connectivity index (χ0v) is 11.2. The number of rotatable bonds is 4. The van der Waals surface area contributed by atoms with Crippen molar-refractivity contribution >= 4 is 23.2 Å². The van der Waals surface area contributed by atoms with E-state index in [1.165, 1.54) is 0 Å². The average Bonchev–Trinajstić information content (AvgIpc) is 2.86. The lowest BCUT2D eigenvalue weighted by Crippen LogP contribution is -2.25. The Bertz CT molecular complexity index is 596. The van der Waals surface area contributed by atoms with Crippen LogP contribution in [0.25, 0.3) is 0 Å². The molecule has 0 saturated carbocycles. The van der Waals surface area contributed by atoms with Crippen LogP contribution in [-0.2, 0) is 13.1 Å². The van der Waals surface area contributed by atoms with E-state index >= 15 is 0 Å². The number of carbonyl (C=O) groups excluding carboxylic acids is 1. The first-order valence-electron chi connectivity index (χ1n) is 5.82. The molecule has 19 heavy (non-hydrogen) atoms. The largest absolute Gasteiger partial charge is 0.398 e. The Morgan fingerprint density at radius 1 is 1.53 bits per heavy atom. The number of aryl methyl sites for hydroxylation is 1. The molecule has 3 N–H and O–H groups in total. The molecule has 0 saturated heterocycles. The van der Waals surface area contributed by atoms with Crippen LogP contribution in [0.1, 0.15) is 23.1 Å². The van der Waals surface area contributed by atoms with Gasteiger partial charge >= 0.3 is 0 Å². The fourth-order valence-corrected chi connectivity index (χ4v) is 1.87. The third-order valence-corrected chi connectivity index (χ3v) is 3.14. The third kappa shape index (κ3) is 2.85. The topological polar surface area (TPSA) is 85.8 Å². The summed E-state index contributed by atoms with van der Waals surface area (Å²) in [6, 6.07) is 4.95. The molecule has 0 aliphatic heterocycles. The monoisotopic (exact) mass is 279 g/mol. The van der Waals surface area contributed by atoms with Crippen LogP contribution < -0.4 is 11.1 Å². The van der Waals surface area contributed by atoms with Crippen LogP contribution in [0.5, 0.6) is 0 Å². The van der Waals surface area contributed by atoms with E-state index in [4.69, 9.17) is 17.3 Å². The number of halogens is 1. The Hall–Kier alpha value is -2.08. The summed E-state index contributed by atoms with van der Waals surface area (Å²) in [4.78, 5) is 12.0. The number of nitrogens with two attached hydrogens (primary N) is 1. The highest BCUT2D eigenvalue weighted by atomic mass is 35.5. The van der Waals surface area contributed by atoms with Crippen LogP contribution in [0.15, 0.2) is 24.5 Å². The van der Waals surface area contributed by atoms with Crippen molar-refractivity contribution in [1.29, 1.82) is 0 Å². The molecule has 1 heterocycles. The molecule has 7 heteroatoms. The number of benzene rings is 1. The second kappa shape index (κ2) is 5.71. The fourth-order valence-electron chi connectivity index (χ4n) is 1.66. The van der Waals surface area contributed by atoms with Crippen molar-refractivity contribution in [2.24, 2.45) is 0 Å². The van der Waals surface area contributed by atoms with Crippen LogP contribution in [-0.4, -0.2) is 20.7 Å². The lowest BCUT2D eigenvalue weighted by molar-refractivity contribution is 0.0949. The first-order chi connectivity index (χ1) is 9.13. The number of anilines is 1. The first-order valence-corrected chi connectivity index (χ1v) is 6.20. The second-order valence-electron chi connectivity index (χ2n) is 3.92. The second-order valence-corrected chi connectivity index (χ2v) is 4.30. The van der Waals surface area contributed by atoms with E-state index in [2.05, 4.69) is 15.5 Å². The van der Waals surface area contributed by atoms with Crippen LogP contribution in [0, 0.1) is 0 Å². The van der Waals surface area contributed by atoms with E-state index in [1.807, 2.05) is 11.5 Å². The van der Waals surface area contributed by atoms with Crippen molar-refractivity contribution < 1.29 is 4.79 Å². The molecule has 1 aromatic carbocycles. The Morgan fingerprint density at radius 2 is 2.32 bits per heavy atom. The highest BCUT2D eigenvalue weighted by molar-refractivity contribution is 6.36. The zero-order chi connectivity index (χ0) is 13.8. The first kappa shape index (κ1) is 13.4. The molecule has 0 unspecified atom stereocenters. The van der Waals surface area contributed by atoms with E-state index in [0.717, 1.165) is 6.54 Å². The summed E-state index contributed by atoms with van der Waals surface area (Å²) in [5.41, 5.74) is 6.39. The Morgan fingerprint density at radius 3 is 3.05 bits per heavy atom. The average molecular weight is 280 g/mol. The Balaban J connectivity index is 2.08. The smallest absolute Gasteiger partial charge is 0.253 e. The fraction of sp³-hybridized carbons (Fsp3) is 0.250. The van der Waals surface area contributed by atoms with Crippen molar-refractivity contribution in [3.8, 4) is 0 Å². The van der Waals surface area contributed by atoms with Gasteiger partial charge in [-0.1, -0.05) is 17.7 Å². The van der Waals surface area contributed by atoms with E-state index in [-0.39, 0.29) is 17.5 Å². The maximum atomic E-state index is 12.0.